The maximum atomic E-state index is 11.9. The molecule has 0 spiro atoms. The van der Waals surface area contributed by atoms with E-state index in [4.69, 9.17) is 9.84 Å². The fourth-order valence-electron chi connectivity index (χ4n) is 1.56. The summed E-state index contributed by atoms with van der Waals surface area (Å²) in [5.74, 6) is -2.01. The molecule has 19 heavy (non-hydrogen) atoms. The number of halogens is 1. The van der Waals surface area contributed by atoms with Crippen molar-refractivity contribution in [1.29, 1.82) is 0 Å². The average Bonchev–Trinajstić information content (AvgIpc) is 2.31. The van der Waals surface area contributed by atoms with Crippen molar-refractivity contribution in [2.45, 2.75) is 26.8 Å². The smallest absolute Gasteiger partial charge is 0.356 e. The van der Waals surface area contributed by atoms with Crippen LogP contribution in [0.15, 0.2) is 15.5 Å². The Hall–Kier alpha value is -1.63. The first-order chi connectivity index (χ1) is 8.81. The predicted octanol–water partition coefficient (Wildman–Crippen LogP) is 2.07. The number of aromatic carboxylic acids is 1. The van der Waals surface area contributed by atoms with Crippen molar-refractivity contribution < 1.29 is 19.4 Å². The molecule has 0 saturated carbocycles. The van der Waals surface area contributed by atoms with Gasteiger partial charge < -0.3 is 14.4 Å². The van der Waals surface area contributed by atoms with Crippen LogP contribution in [0.4, 0.5) is 0 Å². The molecule has 0 bridgehead atoms. The van der Waals surface area contributed by atoms with Crippen LogP contribution in [0.3, 0.4) is 0 Å². The molecular weight excluding hydrogens is 318 g/mol. The zero-order chi connectivity index (χ0) is 14.7. The van der Waals surface area contributed by atoms with Crippen LogP contribution < -0.4 is 5.43 Å². The maximum absolute atomic E-state index is 11.9. The third-order valence-electron chi connectivity index (χ3n) is 2.43. The number of carbonyl (C=O) groups is 2. The van der Waals surface area contributed by atoms with E-state index in [9.17, 15) is 14.4 Å². The summed E-state index contributed by atoms with van der Waals surface area (Å²) in [5.41, 5.74) is -1.12. The van der Waals surface area contributed by atoms with Crippen molar-refractivity contribution in [2.24, 2.45) is 0 Å². The van der Waals surface area contributed by atoms with Gasteiger partial charge in [0.2, 0.25) is 5.43 Å². The number of carboxylic acids is 1. The second kappa shape index (κ2) is 6.01. The van der Waals surface area contributed by atoms with Gasteiger partial charge in [0.05, 0.1) is 11.1 Å². The van der Waals surface area contributed by atoms with E-state index in [-0.39, 0.29) is 22.8 Å². The fraction of sp³-hybridized carbons (Fsp3) is 0.417. The first kappa shape index (κ1) is 15.4. The first-order valence-corrected chi connectivity index (χ1v) is 6.45. The minimum atomic E-state index is -1.34. The van der Waals surface area contributed by atoms with Gasteiger partial charge in [-0.3, -0.25) is 4.79 Å². The molecule has 7 heteroatoms. The quantitative estimate of drug-likeness (QED) is 0.853. The molecular formula is C12H14BrNO5. The molecule has 0 atom stereocenters. The molecule has 0 unspecified atom stereocenters. The van der Waals surface area contributed by atoms with Gasteiger partial charge in [-0.05, 0) is 36.7 Å². The largest absolute Gasteiger partial charge is 0.477 e. The molecule has 0 saturated heterocycles. The summed E-state index contributed by atoms with van der Waals surface area (Å²) in [6.07, 6.45) is 1.16. The fourth-order valence-corrected chi connectivity index (χ4v) is 2.14. The zero-order valence-electron chi connectivity index (χ0n) is 10.8. The second-order valence-corrected chi connectivity index (χ2v) is 4.85. The highest BCUT2D eigenvalue weighted by molar-refractivity contribution is 9.10. The van der Waals surface area contributed by atoms with E-state index in [2.05, 4.69) is 15.9 Å². The second-order valence-electron chi connectivity index (χ2n) is 4.06. The number of nitrogens with zero attached hydrogens (tertiary/aromatic N) is 1. The number of esters is 1. The number of hydrogen-bond donors (Lipinski definition) is 1. The molecule has 1 N–H and O–H groups in total. The van der Waals surface area contributed by atoms with E-state index < -0.39 is 22.9 Å². The van der Waals surface area contributed by atoms with Crippen LogP contribution in [-0.4, -0.2) is 28.2 Å². The third kappa shape index (κ3) is 3.04. The summed E-state index contributed by atoms with van der Waals surface area (Å²) in [7, 11) is 0. The average molecular weight is 332 g/mol. The Kier molecular flexibility index (Phi) is 4.88. The van der Waals surface area contributed by atoms with E-state index in [1.165, 1.54) is 4.57 Å². The zero-order valence-corrected chi connectivity index (χ0v) is 12.4. The molecule has 1 rings (SSSR count). The number of carbonyl (C=O) groups excluding carboxylic acids is 1. The van der Waals surface area contributed by atoms with Crippen molar-refractivity contribution in [3.63, 3.8) is 0 Å². The molecule has 1 aromatic heterocycles. The summed E-state index contributed by atoms with van der Waals surface area (Å²) in [6, 6.07) is -0.200. The van der Waals surface area contributed by atoms with Gasteiger partial charge in [0.1, 0.15) is 11.3 Å². The molecule has 0 aromatic carbocycles. The Balaban J connectivity index is 3.62. The maximum Gasteiger partial charge on any atom is 0.356 e. The molecule has 0 radical (unpaired) electrons. The highest BCUT2D eigenvalue weighted by Gasteiger charge is 2.24. The van der Waals surface area contributed by atoms with E-state index in [0.29, 0.717) is 0 Å². The highest BCUT2D eigenvalue weighted by atomic mass is 79.9. The number of rotatable bonds is 4. The number of aromatic nitrogens is 1. The Labute approximate surface area is 118 Å². The Morgan fingerprint density at radius 3 is 2.47 bits per heavy atom. The highest BCUT2D eigenvalue weighted by Crippen LogP contribution is 2.19. The normalized spacial score (nSPS) is 10.6. The summed E-state index contributed by atoms with van der Waals surface area (Å²) in [6.45, 7) is 5.35. The van der Waals surface area contributed by atoms with Gasteiger partial charge in [0, 0.05) is 12.2 Å². The molecule has 0 aliphatic carbocycles. The Morgan fingerprint density at radius 1 is 1.47 bits per heavy atom. The van der Waals surface area contributed by atoms with Gasteiger partial charge in [0.15, 0.2) is 0 Å². The van der Waals surface area contributed by atoms with Crippen molar-refractivity contribution in [3.05, 3.63) is 32.2 Å². The summed E-state index contributed by atoms with van der Waals surface area (Å²) in [5, 5.41) is 8.98. The lowest BCUT2D eigenvalue weighted by atomic mass is 10.2. The van der Waals surface area contributed by atoms with Gasteiger partial charge in [-0.1, -0.05) is 0 Å². The molecule has 1 aromatic rings. The van der Waals surface area contributed by atoms with Crippen molar-refractivity contribution in [3.8, 4) is 0 Å². The minimum absolute atomic E-state index is 0.0202. The minimum Gasteiger partial charge on any atom is -0.477 e. The SMILES string of the molecule is CCOC(=O)c1c(Br)c(=O)c(C(=O)O)cn1C(C)C. The van der Waals surface area contributed by atoms with Crippen molar-refractivity contribution >= 4 is 27.9 Å². The summed E-state index contributed by atoms with van der Waals surface area (Å²) < 4.78 is 6.19. The monoisotopic (exact) mass is 331 g/mol. The van der Waals surface area contributed by atoms with Gasteiger partial charge in [-0.15, -0.1) is 0 Å². The molecule has 0 aliphatic rings. The molecule has 0 amide bonds. The van der Waals surface area contributed by atoms with Gasteiger partial charge in [-0.2, -0.15) is 0 Å². The summed E-state index contributed by atoms with van der Waals surface area (Å²) in [4.78, 5) is 34.7. The molecule has 1 heterocycles. The van der Waals surface area contributed by atoms with Crippen LogP contribution in [0.25, 0.3) is 0 Å². The van der Waals surface area contributed by atoms with Crippen LogP contribution >= 0.6 is 15.9 Å². The standard InChI is InChI=1S/C12H14BrNO5/c1-4-19-12(18)9-8(13)10(15)7(11(16)17)5-14(9)6(2)3/h5-6H,4H2,1-3H3,(H,16,17). The van der Waals surface area contributed by atoms with Crippen LogP contribution in [-0.2, 0) is 4.74 Å². The van der Waals surface area contributed by atoms with E-state index >= 15 is 0 Å². The topological polar surface area (TPSA) is 85.6 Å². The summed E-state index contributed by atoms with van der Waals surface area (Å²) >= 11 is 2.99. The van der Waals surface area contributed by atoms with E-state index in [1.807, 2.05) is 0 Å². The number of ether oxygens (including phenoxy) is 1. The first-order valence-electron chi connectivity index (χ1n) is 5.66. The van der Waals surface area contributed by atoms with E-state index in [1.54, 1.807) is 20.8 Å². The third-order valence-corrected chi connectivity index (χ3v) is 3.17. The lowest BCUT2D eigenvalue weighted by Gasteiger charge is -2.18. The van der Waals surface area contributed by atoms with Crippen molar-refractivity contribution in [2.75, 3.05) is 6.61 Å². The predicted molar refractivity (Wildman–Crippen MR) is 71.7 cm³/mol. The van der Waals surface area contributed by atoms with Crippen LogP contribution in [0.1, 0.15) is 47.7 Å². The van der Waals surface area contributed by atoms with Gasteiger partial charge >= 0.3 is 11.9 Å². The number of hydrogen-bond acceptors (Lipinski definition) is 4. The van der Waals surface area contributed by atoms with Crippen LogP contribution in [0.5, 0.6) is 0 Å². The van der Waals surface area contributed by atoms with Gasteiger partial charge in [0.25, 0.3) is 0 Å². The lowest BCUT2D eigenvalue weighted by Crippen LogP contribution is -2.26. The molecule has 104 valence electrons. The van der Waals surface area contributed by atoms with Crippen LogP contribution in [0.2, 0.25) is 0 Å². The lowest BCUT2D eigenvalue weighted by molar-refractivity contribution is 0.0507. The Bertz CT molecular complexity index is 576. The number of pyridine rings is 1. The molecule has 0 fully saturated rings. The Morgan fingerprint density at radius 2 is 2.05 bits per heavy atom. The van der Waals surface area contributed by atoms with E-state index in [0.717, 1.165) is 6.20 Å². The van der Waals surface area contributed by atoms with Gasteiger partial charge in [-0.25, -0.2) is 9.59 Å². The molecule has 6 nitrogen and oxygen atoms in total. The van der Waals surface area contributed by atoms with Crippen LogP contribution in [0, 0.1) is 0 Å². The molecule has 0 aliphatic heterocycles. The number of carboxylic acid groups (broad SMARTS) is 1. The van der Waals surface area contributed by atoms with Crippen molar-refractivity contribution in [1.82, 2.24) is 4.57 Å².